The van der Waals surface area contributed by atoms with Gasteiger partial charge in [-0.15, -0.1) is 0 Å². The Morgan fingerprint density at radius 1 is 1.08 bits per heavy atom. The molecule has 2 aromatic carbocycles. The number of rotatable bonds is 6. The lowest BCUT2D eigenvalue weighted by molar-refractivity contribution is -0.122. The van der Waals surface area contributed by atoms with Gasteiger partial charge in [0.2, 0.25) is 5.91 Å². The molecule has 24 heavy (non-hydrogen) atoms. The molecule has 4 nitrogen and oxygen atoms in total. The third kappa shape index (κ3) is 6.01. The molecule has 1 amide bonds. The Labute approximate surface area is 148 Å². The van der Waals surface area contributed by atoms with Gasteiger partial charge in [-0.1, -0.05) is 44.2 Å². The Kier molecular flexibility index (Phi) is 6.75. The van der Waals surface area contributed by atoms with E-state index in [1.807, 2.05) is 56.3 Å². The summed E-state index contributed by atoms with van der Waals surface area (Å²) in [5.74, 6) is 0.590. The molecule has 0 spiro atoms. The van der Waals surface area contributed by atoms with E-state index in [0.29, 0.717) is 11.7 Å². The standard InChI is InChI=1S/C19H22N2O2S/c1-14(2)18(22)21-19(24)20-16-8-10-17(11-9-16)23-13-12-15-6-4-3-5-7-15/h3-11,14H,12-13H2,1-2H3,(H2,20,21,22,24). The highest BCUT2D eigenvalue weighted by Crippen LogP contribution is 2.16. The van der Waals surface area contributed by atoms with Gasteiger partial charge in [0.15, 0.2) is 5.11 Å². The molecule has 0 aliphatic heterocycles. The molecule has 0 heterocycles. The minimum absolute atomic E-state index is 0.103. The van der Waals surface area contributed by atoms with E-state index in [4.69, 9.17) is 17.0 Å². The second-order valence-electron chi connectivity index (χ2n) is 5.71. The minimum Gasteiger partial charge on any atom is -0.493 e. The van der Waals surface area contributed by atoms with Gasteiger partial charge in [0, 0.05) is 18.0 Å². The number of amides is 1. The number of hydrogen-bond donors (Lipinski definition) is 2. The van der Waals surface area contributed by atoms with E-state index in [2.05, 4.69) is 22.8 Å². The summed E-state index contributed by atoms with van der Waals surface area (Å²) in [6.07, 6.45) is 0.867. The molecule has 0 unspecified atom stereocenters. The van der Waals surface area contributed by atoms with Crippen LogP contribution in [0.2, 0.25) is 0 Å². The predicted octanol–water partition coefficient (Wildman–Crippen LogP) is 3.78. The summed E-state index contributed by atoms with van der Waals surface area (Å²) in [5, 5.41) is 5.92. The number of benzene rings is 2. The van der Waals surface area contributed by atoms with Crippen molar-refractivity contribution in [1.82, 2.24) is 5.32 Å². The van der Waals surface area contributed by atoms with Gasteiger partial charge in [0.25, 0.3) is 0 Å². The van der Waals surface area contributed by atoms with E-state index in [-0.39, 0.29) is 11.8 Å². The highest BCUT2D eigenvalue weighted by atomic mass is 32.1. The first-order valence-electron chi connectivity index (χ1n) is 7.93. The van der Waals surface area contributed by atoms with Gasteiger partial charge in [-0.2, -0.15) is 0 Å². The van der Waals surface area contributed by atoms with Crippen molar-refractivity contribution in [1.29, 1.82) is 0 Å². The summed E-state index contributed by atoms with van der Waals surface area (Å²) in [5.41, 5.74) is 2.06. The molecule has 0 aromatic heterocycles. The van der Waals surface area contributed by atoms with Gasteiger partial charge in [-0.05, 0) is 42.0 Å². The molecule has 2 aromatic rings. The number of carbonyl (C=O) groups is 1. The van der Waals surface area contributed by atoms with E-state index in [9.17, 15) is 4.79 Å². The van der Waals surface area contributed by atoms with Gasteiger partial charge in [-0.25, -0.2) is 0 Å². The maximum Gasteiger partial charge on any atom is 0.228 e. The Morgan fingerprint density at radius 2 is 1.75 bits per heavy atom. The Hall–Kier alpha value is -2.40. The normalized spacial score (nSPS) is 10.3. The largest absolute Gasteiger partial charge is 0.493 e. The minimum atomic E-state index is -0.106. The third-order valence-electron chi connectivity index (χ3n) is 3.38. The van der Waals surface area contributed by atoms with E-state index < -0.39 is 0 Å². The van der Waals surface area contributed by atoms with Crippen molar-refractivity contribution < 1.29 is 9.53 Å². The van der Waals surface area contributed by atoms with Crippen LogP contribution in [0, 0.1) is 5.92 Å². The summed E-state index contributed by atoms with van der Waals surface area (Å²) >= 11 is 5.11. The van der Waals surface area contributed by atoms with Crippen molar-refractivity contribution in [2.75, 3.05) is 11.9 Å². The number of ether oxygens (including phenoxy) is 1. The van der Waals surface area contributed by atoms with Gasteiger partial charge in [0.05, 0.1) is 6.61 Å². The molecule has 0 radical (unpaired) electrons. The highest BCUT2D eigenvalue weighted by Gasteiger charge is 2.08. The fraction of sp³-hybridized carbons (Fsp3) is 0.263. The van der Waals surface area contributed by atoms with Gasteiger partial charge in [0.1, 0.15) is 5.75 Å². The molecular formula is C19H22N2O2S. The summed E-state index contributed by atoms with van der Waals surface area (Å²) in [6.45, 7) is 4.26. The molecule has 0 saturated heterocycles. The van der Waals surface area contributed by atoms with Gasteiger partial charge >= 0.3 is 0 Å². The summed E-state index contributed by atoms with van der Waals surface area (Å²) in [6, 6.07) is 17.7. The monoisotopic (exact) mass is 342 g/mol. The number of nitrogens with one attached hydrogen (secondary N) is 2. The molecule has 5 heteroatoms. The molecule has 0 bridgehead atoms. The van der Waals surface area contributed by atoms with Crippen LogP contribution in [0.5, 0.6) is 5.75 Å². The molecule has 0 aliphatic rings. The average Bonchev–Trinajstić information content (AvgIpc) is 2.57. The molecule has 0 fully saturated rings. The first-order valence-corrected chi connectivity index (χ1v) is 8.34. The second kappa shape index (κ2) is 9.03. The number of carbonyl (C=O) groups excluding carboxylic acids is 1. The van der Waals surface area contributed by atoms with Crippen LogP contribution in [-0.4, -0.2) is 17.6 Å². The first-order chi connectivity index (χ1) is 11.5. The summed E-state index contributed by atoms with van der Waals surface area (Å²) in [7, 11) is 0. The SMILES string of the molecule is CC(C)C(=O)NC(=S)Nc1ccc(OCCc2ccccc2)cc1. The van der Waals surface area contributed by atoms with Crippen molar-refractivity contribution in [3.8, 4) is 5.75 Å². The molecule has 0 aliphatic carbocycles. The Bertz CT molecular complexity index is 670. The summed E-state index contributed by atoms with van der Waals surface area (Å²) in [4.78, 5) is 11.6. The van der Waals surface area contributed by atoms with Crippen LogP contribution >= 0.6 is 12.2 Å². The van der Waals surface area contributed by atoms with Crippen molar-refractivity contribution >= 4 is 28.9 Å². The molecule has 126 valence electrons. The van der Waals surface area contributed by atoms with Crippen LogP contribution in [0.4, 0.5) is 5.69 Å². The topological polar surface area (TPSA) is 50.4 Å². The molecule has 0 atom stereocenters. The zero-order valence-electron chi connectivity index (χ0n) is 13.9. The summed E-state index contributed by atoms with van der Waals surface area (Å²) < 4.78 is 5.74. The molecule has 2 N–H and O–H groups in total. The molecule has 2 rings (SSSR count). The molecular weight excluding hydrogens is 320 g/mol. The maximum absolute atomic E-state index is 11.6. The number of hydrogen-bond acceptors (Lipinski definition) is 3. The van der Waals surface area contributed by atoms with Crippen molar-refractivity contribution in [2.45, 2.75) is 20.3 Å². The molecule has 0 saturated carbocycles. The van der Waals surface area contributed by atoms with E-state index >= 15 is 0 Å². The van der Waals surface area contributed by atoms with E-state index in [1.54, 1.807) is 0 Å². The first kappa shape index (κ1) is 17.9. The third-order valence-corrected chi connectivity index (χ3v) is 3.58. The average molecular weight is 342 g/mol. The Morgan fingerprint density at radius 3 is 2.38 bits per heavy atom. The second-order valence-corrected chi connectivity index (χ2v) is 6.11. The van der Waals surface area contributed by atoms with Crippen LogP contribution in [0.1, 0.15) is 19.4 Å². The van der Waals surface area contributed by atoms with Crippen LogP contribution in [0.25, 0.3) is 0 Å². The van der Waals surface area contributed by atoms with Crippen LogP contribution < -0.4 is 15.4 Å². The van der Waals surface area contributed by atoms with Crippen molar-refractivity contribution in [3.05, 3.63) is 60.2 Å². The zero-order valence-corrected chi connectivity index (χ0v) is 14.7. The van der Waals surface area contributed by atoms with Crippen molar-refractivity contribution in [3.63, 3.8) is 0 Å². The Balaban J connectivity index is 1.78. The number of anilines is 1. The van der Waals surface area contributed by atoms with Gasteiger partial charge < -0.3 is 15.4 Å². The fourth-order valence-corrected chi connectivity index (χ4v) is 2.20. The van der Waals surface area contributed by atoms with Gasteiger partial charge in [-0.3, -0.25) is 4.79 Å². The van der Waals surface area contributed by atoms with E-state index in [0.717, 1.165) is 17.9 Å². The van der Waals surface area contributed by atoms with Crippen LogP contribution in [0.15, 0.2) is 54.6 Å². The van der Waals surface area contributed by atoms with E-state index in [1.165, 1.54) is 5.56 Å². The smallest absolute Gasteiger partial charge is 0.228 e. The fourth-order valence-electron chi connectivity index (χ4n) is 1.98. The number of thiocarbonyl (C=S) groups is 1. The highest BCUT2D eigenvalue weighted by molar-refractivity contribution is 7.80. The lowest BCUT2D eigenvalue weighted by atomic mass is 10.2. The quantitative estimate of drug-likeness (QED) is 0.785. The maximum atomic E-state index is 11.6. The van der Waals surface area contributed by atoms with Crippen molar-refractivity contribution in [2.24, 2.45) is 5.92 Å². The lowest BCUT2D eigenvalue weighted by Gasteiger charge is -2.12. The van der Waals surface area contributed by atoms with Crippen LogP contribution in [-0.2, 0) is 11.2 Å². The predicted molar refractivity (Wildman–Crippen MR) is 101 cm³/mol. The lowest BCUT2D eigenvalue weighted by Crippen LogP contribution is -2.36. The zero-order chi connectivity index (χ0) is 17.4. The van der Waals surface area contributed by atoms with Crippen LogP contribution in [0.3, 0.4) is 0 Å².